The number of ether oxygens (including phenoxy) is 1. The predicted molar refractivity (Wildman–Crippen MR) is 38.8 cm³/mol. The molecule has 1 aliphatic heterocycles. The zero-order valence-corrected chi connectivity index (χ0v) is 6.68. The van der Waals surface area contributed by atoms with E-state index in [9.17, 15) is 0 Å². The Bertz CT molecular complexity index is 152. The van der Waals surface area contributed by atoms with Crippen molar-refractivity contribution in [2.45, 2.75) is 32.8 Å². The van der Waals surface area contributed by atoms with Crippen LogP contribution in [0.1, 0.15) is 27.2 Å². The summed E-state index contributed by atoms with van der Waals surface area (Å²) >= 11 is 0. The summed E-state index contributed by atoms with van der Waals surface area (Å²) in [5.41, 5.74) is -0.162. The fourth-order valence-electron chi connectivity index (χ4n) is 0.847. The van der Waals surface area contributed by atoms with Crippen LogP contribution in [0, 0.1) is 0 Å². The summed E-state index contributed by atoms with van der Waals surface area (Å²) in [7, 11) is 0. The first-order valence-electron chi connectivity index (χ1n) is 3.52. The van der Waals surface area contributed by atoms with Gasteiger partial charge in [-0.15, -0.1) is 0 Å². The number of hydrogen-bond acceptors (Lipinski definition) is 3. The molecule has 0 fully saturated rings. The van der Waals surface area contributed by atoms with Gasteiger partial charge in [0.25, 0.3) is 0 Å². The molecule has 0 saturated heterocycles. The van der Waals surface area contributed by atoms with E-state index in [0.717, 1.165) is 6.42 Å². The van der Waals surface area contributed by atoms with Gasteiger partial charge in [0.1, 0.15) is 5.60 Å². The largest absolute Gasteiger partial charge is 0.479 e. The Morgan fingerprint density at radius 1 is 1.70 bits per heavy atom. The van der Waals surface area contributed by atoms with Crippen molar-refractivity contribution in [1.82, 2.24) is 0 Å². The van der Waals surface area contributed by atoms with Crippen LogP contribution < -0.4 is 0 Å². The molecule has 0 saturated carbocycles. The van der Waals surface area contributed by atoms with E-state index in [4.69, 9.17) is 9.57 Å². The Morgan fingerprint density at radius 2 is 2.40 bits per heavy atom. The first-order valence-corrected chi connectivity index (χ1v) is 3.52. The van der Waals surface area contributed by atoms with Gasteiger partial charge < -0.3 is 9.57 Å². The van der Waals surface area contributed by atoms with Crippen molar-refractivity contribution < 1.29 is 9.57 Å². The first kappa shape index (κ1) is 7.38. The third kappa shape index (κ3) is 1.62. The molecule has 0 atom stereocenters. The third-order valence-electron chi connectivity index (χ3n) is 1.28. The summed E-state index contributed by atoms with van der Waals surface area (Å²) in [6, 6.07) is 0. The second kappa shape index (κ2) is 2.48. The molecule has 0 spiro atoms. The third-order valence-corrected chi connectivity index (χ3v) is 1.28. The molecule has 3 heteroatoms. The molecule has 1 heterocycles. The maximum Gasteiger partial charge on any atom is 0.229 e. The minimum atomic E-state index is -0.162. The lowest BCUT2D eigenvalue weighted by molar-refractivity contribution is 0.0123. The Morgan fingerprint density at radius 3 is 2.80 bits per heavy atom. The molecule has 0 aliphatic carbocycles. The van der Waals surface area contributed by atoms with Crippen molar-refractivity contribution in [2.24, 2.45) is 5.16 Å². The Balaban J connectivity index is 2.39. The van der Waals surface area contributed by atoms with Gasteiger partial charge in [0.05, 0.1) is 13.0 Å². The molecule has 1 aliphatic rings. The van der Waals surface area contributed by atoms with Gasteiger partial charge in [-0.3, -0.25) is 0 Å². The maximum absolute atomic E-state index is 5.16. The maximum atomic E-state index is 5.16. The number of rotatable bonds is 1. The standard InChI is InChI=1S/C7H13NO2/c1-4-9-6-5-7(2,3)10-8-6/h4-5H2,1-3H3. The van der Waals surface area contributed by atoms with Gasteiger partial charge in [0, 0.05) is 0 Å². The molecule has 0 unspecified atom stereocenters. The van der Waals surface area contributed by atoms with Crippen LogP contribution >= 0.6 is 0 Å². The first-order chi connectivity index (χ1) is 4.64. The lowest BCUT2D eigenvalue weighted by Gasteiger charge is -2.12. The number of oxime groups is 1. The van der Waals surface area contributed by atoms with Crippen molar-refractivity contribution >= 4 is 5.90 Å². The highest BCUT2D eigenvalue weighted by Crippen LogP contribution is 2.22. The zero-order chi connectivity index (χ0) is 7.61. The van der Waals surface area contributed by atoms with E-state index in [1.54, 1.807) is 0 Å². The zero-order valence-electron chi connectivity index (χ0n) is 6.68. The van der Waals surface area contributed by atoms with E-state index in [0.29, 0.717) is 12.5 Å². The molecule has 1 rings (SSSR count). The molecule has 0 bridgehead atoms. The van der Waals surface area contributed by atoms with Gasteiger partial charge in [0.15, 0.2) is 0 Å². The van der Waals surface area contributed by atoms with E-state index in [1.807, 2.05) is 20.8 Å². The number of hydrogen-bond donors (Lipinski definition) is 0. The van der Waals surface area contributed by atoms with E-state index in [2.05, 4.69) is 5.16 Å². The molecule has 58 valence electrons. The summed E-state index contributed by atoms with van der Waals surface area (Å²) in [4.78, 5) is 5.07. The number of nitrogens with zero attached hydrogens (tertiary/aromatic N) is 1. The predicted octanol–water partition coefficient (Wildman–Crippen LogP) is 1.54. The molecule has 0 aromatic carbocycles. The van der Waals surface area contributed by atoms with Crippen LogP contribution in [0.15, 0.2) is 5.16 Å². The Labute approximate surface area is 61.0 Å². The molecular formula is C7H13NO2. The van der Waals surface area contributed by atoms with Gasteiger partial charge in [-0.2, -0.15) is 0 Å². The summed E-state index contributed by atoms with van der Waals surface area (Å²) in [6.45, 7) is 6.58. The molecule has 0 aromatic heterocycles. The molecule has 0 amide bonds. The van der Waals surface area contributed by atoms with Crippen LogP contribution in [0.25, 0.3) is 0 Å². The fraction of sp³-hybridized carbons (Fsp3) is 0.857. The highest BCUT2D eigenvalue weighted by Gasteiger charge is 2.29. The van der Waals surface area contributed by atoms with Gasteiger partial charge in [0.2, 0.25) is 5.90 Å². The van der Waals surface area contributed by atoms with E-state index < -0.39 is 0 Å². The Hall–Kier alpha value is -0.730. The monoisotopic (exact) mass is 143 g/mol. The molecule has 10 heavy (non-hydrogen) atoms. The lowest BCUT2D eigenvalue weighted by Crippen LogP contribution is -2.19. The second-order valence-corrected chi connectivity index (χ2v) is 2.95. The highest BCUT2D eigenvalue weighted by atomic mass is 16.7. The van der Waals surface area contributed by atoms with Crippen LogP contribution in [0.4, 0.5) is 0 Å². The van der Waals surface area contributed by atoms with Crippen molar-refractivity contribution in [2.75, 3.05) is 6.61 Å². The molecule has 0 radical (unpaired) electrons. The van der Waals surface area contributed by atoms with Crippen LogP contribution in [-0.2, 0) is 9.57 Å². The molecule has 0 aromatic rings. The van der Waals surface area contributed by atoms with Crippen molar-refractivity contribution in [3.8, 4) is 0 Å². The topological polar surface area (TPSA) is 30.8 Å². The van der Waals surface area contributed by atoms with E-state index in [1.165, 1.54) is 0 Å². The van der Waals surface area contributed by atoms with Gasteiger partial charge >= 0.3 is 0 Å². The van der Waals surface area contributed by atoms with Crippen molar-refractivity contribution in [3.05, 3.63) is 0 Å². The SMILES string of the molecule is CCOC1=NOC(C)(C)C1. The molecular weight excluding hydrogens is 130 g/mol. The fourth-order valence-corrected chi connectivity index (χ4v) is 0.847. The van der Waals surface area contributed by atoms with Crippen molar-refractivity contribution in [3.63, 3.8) is 0 Å². The second-order valence-electron chi connectivity index (χ2n) is 2.95. The normalized spacial score (nSPS) is 21.7. The average molecular weight is 143 g/mol. The van der Waals surface area contributed by atoms with Crippen molar-refractivity contribution in [1.29, 1.82) is 0 Å². The van der Waals surface area contributed by atoms with Gasteiger partial charge in [-0.05, 0) is 20.8 Å². The smallest absolute Gasteiger partial charge is 0.229 e. The van der Waals surface area contributed by atoms with E-state index >= 15 is 0 Å². The summed E-state index contributed by atoms with van der Waals surface area (Å²) in [6.07, 6.45) is 0.779. The van der Waals surface area contributed by atoms with E-state index in [-0.39, 0.29) is 5.60 Å². The minimum absolute atomic E-state index is 0.162. The van der Waals surface area contributed by atoms with Crippen LogP contribution in [0.2, 0.25) is 0 Å². The minimum Gasteiger partial charge on any atom is -0.479 e. The summed E-state index contributed by atoms with van der Waals surface area (Å²) in [5, 5.41) is 3.77. The Kier molecular flexibility index (Phi) is 1.83. The van der Waals surface area contributed by atoms with Crippen LogP contribution in [-0.4, -0.2) is 18.1 Å². The van der Waals surface area contributed by atoms with Gasteiger partial charge in [-0.25, -0.2) is 0 Å². The summed E-state index contributed by atoms with van der Waals surface area (Å²) in [5.74, 6) is 0.715. The average Bonchev–Trinajstić information content (AvgIpc) is 2.12. The molecule has 0 N–H and O–H groups in total. The van der Waals surface area contributed by atoms with Crippen LogP contribution in [0.3, 0.4) is 0 Å². The van der Waals surface area contributed by atoms with Gasteiger partial charge in [-0.1, -0.05) is 5.16 Å². The lowest BCUT2D eigenvalue weighted by atomic mass is 10.1. The quantitative estimate of drug-likeness (QED) is 0.557. The summed E-state index contributed by atoms with van der Waals surface area (Å²) < 4.78 is 5.16. The highest BCUT2D eigenvalue weighted by molar-refractivity contribution is 5.77. The molecule has 3 nitrogen and oxygen atoms in total. The van der Waals surface area contributed by atoms with Crippen LogP contribution in [0.5, 0.6) is 0 Å².